The molecule has 2 atom stereocenters. The molecule has 1 aliphatic heterocycles. The fraction of sp³-hybridized carbons (Fsp3) is 0.667. The topological polar surface area (TPSA) is 32.3 Å². The maximum absolute atomic E-state index is 10.5. The van der Waals surface area contributed by atoms with Crippen molar-refractivity contribution in [2.75, 3.05) is 6.54 Å². The van der Waals surface area contributed by atoms with Gasteiger partial charge in [-0.15, -0.1) is 23.7 Å². The van der Waals surface area contributed by atoms with Crippen LogP contribution in [0.1, 0.15) is 42.2 Å². The first kappa shape index (κ1) is 12.4. The van der Waals surface area contributed by atoms with Gasteiger partial charge in [0.1, 0.15) is 0 Å². The lowest BCUT2D eigenvalue weighted by atomic mass is 9.74. The van der Waals surface area contributed by atoms with Crippen LogP contribution in [0.2, 0.25) is 0 Å². The van der Waals surface area contributed by atoms with E-state index >= 15 is 0 Å². The van der Waals surface area contributed by atoms with Crippen LogP contribution in [0, 0.1) is 0 Å². The summed E-state index contributed by atoms with van der Waals surface area (Å²) in [5, 5.41) is 16.1. The highest BCUT2D eigenvalue weighted by molar-refractivity contribution is 7.10. The highest BCUT2D eigenvalue weighted by Crippen LogP contribution is 2.43. The average Bonchev–Trinajstić information content (AvgIpc) is 2.74. The Labute approximate surface area is 106 Å². The van der Waals surface area contributed by atoms with Crippen molar-refractivity contribution in [3.05, 3.63) is 21.9 Å². The van der Waals surface area contributed by atoms with E-state index in [0.29, 0.717) is 0 Å². The number of thiophene rings is 1. The number of nitrogens with one attached hydrogen (secondary N) is 1. The number of aliphatic hydroxyl groups excluding tert-OH is 1. The Kier molecular flexibility index (Phi) is 3.59. The van der Waals surface area contributed by atoms with Crippen molar-refractivity contribution in [2.24, 2.45) is 0 Å². The molecule has 1 aromatic rings. The number of hydrogen-bond acceptors (Lipinski definition) is 3. The third-order valence-electron chi connectivity index (χ3n) is 3.92. The molecule has 1 aromatic heterocycles. The van der Waals surface area contributed by atoms with E-state index in [2.05, 4.69) is 16.8 Å². The average molecular weight is 260 g/mol. The normalized spacial score (nSPS) is 33.2. The molecule has 1 saturated heterocycles. The quantitative estimate of drug-likeness (QED) is 0.751. The fourth-order valence-corrected chi connectivity index (χ4v) is 3.92. The van der Waals surface area contributed by atoms with Crippen molar-refractivity contribution in [3.8, 4) is 0 Å². The maximum Gasteiger partial charge on any atom is 0.0982 e. The van der Waals surface area contributed by atoms with Gasteiger partial charge < -0.3 is 10.4 Å². The van der Waals surface area contributed by atoms with Crippen LogP contribution in [0.5, 0.6) is 0 Å². The minimum atomic E-state index is -0.284. The van der Waals surface area contributed by atoms with E-state index in [-0.39, 0.29) is 24.0 Å². The maximum atomic E-state index is 10.5. The van der Waals surface area contributed by atoms with Crippen molar-refractivity contribution in [1.29, 1.82) is 0 Å². The zero-order valence-corrected chi connectivity index (χ0v) is 10.9. The Morgan fingerprint density at radius 3 is 3.00 bits per heavy atom. The number of aryl methyl sites for hydroxylation is 1. The molecule has 90 valence electrons. The van der Waals surface area contributed by atoms with Gasteiger partial charge in [-0.05, 0) is 49.2 Å². The Morgan fingerprint density at radius 2 is 2.25 bits per heavy atom. The smallest absolute Gasteiger partial charge is 0.0982 e. The molecule has 0 saturated carbocycles. The van der Waals surface area contributed by atoms with Gasteiger partial charge in [0.2, 0.25) is 0 Å². The molecule has 0 amide bonds. The van der Waals surface area contributed by atoms with Gasteiger partial charge >= 0.3 is 0 Å². The second-order valence-corrected chi connectivity index (χ2v) is 5.74. The van der Waals surface area contributed by atoms with Crippen LogP contribution in [0.25, 0.3) is 0 Å². The Bertz CT molecular complexity index is 360. The number of fused-ring (bicyclic) bond motifs is 1. The highest BCUT2D eigenvalue weighted by atomic mass is 35.5. The van der Waals surface area contributed by atoms with Gasteiger partial charge in [0.25, 0.3) is 0 Å². The third kappa shape index (κ3) is 1.80. The monoisotopic (exact) mass is 259 g/mol. The zero-order valence-electron chi connectivity index (χ0n) is 9.24. The molecule has 1 fully saturated rings. The molecule has 1 spiro atoms. The molecule has 16 heavy (non-hydrogen) atoms. The molecule has 0 radical (unpaired) electrons. The van der Waals surface area contributed by atoms with Crippen LogP contribution in [-0.4, -0.2) is 17.2 Å². The van der Waals surface area contributed by atoms with Crippen molar-refractivity contribution in [3.63, 3.8) is 0 Å². The van der Waals surface area contributed by atoms with Gasteiger partial charge in [-0.2, -0.15) is 0 Å². The second-order valence-electron chi connectivity index (χ2n) is 4.74. The lowest BCUT2D eigenvalue weighted by molar-refractivity contribution is 0.0263. The van der Waals surface area contributed by atoms with Crippen LogP contribution in [0.3, 0.4) is 0 Å². The number of aliphatic hydroxyl groups is 1. The van der Waals surface area contributed by atoms with Crippen LogP contribution in [0.15, 0.2) is 11.4 Å². The van der Waals surface area contributed by atoms with E-state index in [1.54, 1.807) is 11.3 Å². The lowest BCUT2D eigenvalue weighted by Crippen LogP contribution is -2.54. The van der Waals surface area contributed by atoms with Gasteiger partial charge in [-0.3, -0.25) is 0 Å². The number of piperidine rings is 1. The summed E-state index contributed by atoms with van der Waals surface area (Å²) >= 11 is 1.79. The minimum Gasteiger partial charge on any atom is -0.386 e. The fourth-order valence-electron chi connectivity index (χ4n) is 3.01. The molecule has 1 aliphatic carbocycles. The van der Waals surface area contributed by atoms with Crippen LogP contribution >= 0.6 is 23.7 Å². The predicted molar refractivity (Wildman–Crippen MR) is 69.4 cm³/mol. The van der Waals surface area contributed by atoms with Crippen LogP contribution in [-0.2, 0) is 6.42 Å². The van der Waals surface area contributed by atoms with Crippen molar-refractivity contribution < 1.29 is 5.11 Å². The standard InChI is InChI=1S/C12H17NOS.ClH/c14-11-9-4-8-15-10(9)3-6-12(11)5-1-2-7-13-12;/h4,8,11,13-14H,1-3,5-7H2;1H. The zero-order chi connectivity index (χ0) is 10.3. The molecular formula is C12H18ClNOS. The summed E-state index contributed by atoms with van der Waals surface area (Å²) in [6, 6.07) is 2.10. The van der Waals surface area contributed by atoms with E-state index in [4.69, 9.17) is 0 Å². The number of rotatable bonds is 0. The SMILES string of the molecule is Cl.OC1c2ccsc2CCC12CCCCN2. The molecule has 0 bridgehead atoms. The van der Waals surface area contributed by atoms with E-state index in [9.17, 15) is 5.11 Å². The molecule has 2 heterocycles. The van der Waals surface area contributed by atoms with Crippen molar-refractivity contribution in [2.45, 2.75) is 43.7 Å². The number of hydrogen-bond donors (Lipinski definition) is 2. The van der Waals surface area contributed by atoms with Crippen LogP contribution in [0.4, 0.5) is 0 Å². The van der Waals surface area contributed by atoms with E-state index in [0.717, 1.165) is 25.8 Å². The second kappa shape index (κ2) is 4.65. The molecule has 2 N–H and O–H groups in total. The molecule has 2 nitrogen and oxygen atoms in total. The van der Waals surface area contributed by atoms with Gasteiger partial charge in [0.05, 0.1) is 6.10 Å². The Hall–Kier alpha value is -0.0900. The Balaban J connectivity index is 0.000000963. The highest BCUT2D eigenvalue weighted by Gasteiger charge is 2.43. The summed E-state index contributed by atoms with van der Waals surface area (Å²) in [6.07, 6.45) is 5.59. The van der Waals surface area contributed by atoms with Crippen molar-refractivity contribution >= 4 is 23.7 Å². The van der Waals surface area contributed by atoms with Gasteiger partial charge in [-0.25, -0.2) is 0 Å². The first-order valence-corrected chi connectivity index (χ1v) is 6.69. The molecule has 0 aromatic carbocycles. The van der Waals surface area contributed by atoms with Gasteiger partial charge in [0, 0.05) is 10.4 Å². The van der Waals surface area contributed by atoms with Gasteiger partial charge in [0.15, 0.2) is 0 Å². The molecule has 3 rings (SSSR count). The molecule has 4 heteroatoms. The van der Waals surface area contributed by atoms with E-state index in [1.165, 1.54) is 23.3 Å². The summed E-state index contributed by atoms with van der Waals surface area (Å²) in [6.45, 7) is 1.07. The first-order valence-electron chi connectivity index (χ1n) is 5.81. The predicted octanol–water partition coefficient (Wildman–Crippen LogP) is 2.66. The summed E-state index contributed by atoms with van der Waals surface area (Å²) in [7, 11) is 0. The summed E-state index contributed by atoms with van der Waals surface area (Å²) in [5.74, 6) is 0. The number of halogens is 1. The van der Waals surface area contributed by atoms with Crippen LogP contribution < -0.4 is 5.32 Å². The summed E-state index contributed by atoms with van der Waals surface area (Å²) in [4.78, 5) is 1.39. The Morgan fingerprint density at radius 1 is 1.38 bits per heavy atom. The van der Waals surface area contributed by atoms with Gasteiger partial charge in [-0.1, -0.05) is 6.42 Å². The van der Waals surface area contributed by atoms with E-state index in [1.807, 2.05) is 0 Å². The van der Waals surface area contributed by atoms with Crippen molar-refractivity contribution in [1.82, 2.24) is 5.32 Å². The summed E-state index contributed by atoms with van der Waals surface area (Å²) in [5.41, 5.74) is 1.17. The molecular weight excluding hydrogens is 242 g/mol. The molecule has 2 unspecified atom stereocenters. The minimum absolute atomic E-state index is 0. The van der Waals surface area contributed by atoms with E-state index < -0.39 is 0 Å². The molecule has 2 aliphatic rings. The lowest BCUT2D eigenvalue weighted by Gasteiger charge is -2.45. The third-order valence-corrected chi connectivity index (χ3v) is 4.92. The first-order chi connectivity index (χ1) is 7.32. The summed E-state index contributed by atoms with van der Waals surface area (Å²) < 4.78 is 0. The largest absolute Gasteiger partial charge is 0.386 e.